The molecule has 1 N–H and O–H groups in total. The molecule has 7 heteroatoms. The number of thioether (sulfide) groups is 2. The van der Waals surface area contributed by atoms with Crippen LogP contribution in [0.1, 0.15) is 35.3 Å². The summed E-state index contributed by atoms with van der Waals surface area (Å²) in [6.07, 6.45) is 3.25. The number of carbonyl (C=O) groups excluding carboxylic acids is 1. The predicted octanol–water partition coefficient (Wildman–Crippen LogP) is 5.63. The van der Waals surface area contributed by atoms with E-state index in [0.717, 1.165) is 23.5 Å². The summed E-state index contributed by atoms with van der Waals surface area (Å²) in [7, 11) is 0. The Labute approximate surface area is 174 Å². The number of rotatable bonds is 6. The van der Waals surface area contributed by atoms with Gasteiger partial charge in [-0.15, -0.1) is 23.5 Å². The Morgan fingerprint density at radius 3 is 2.85 bits per heavy atom. The molecule has 4 nitrogen and oxygen atoms in total. The summed E-state index contributed by atoms with van der Waals surface area (Å²) < 4.78 is 2.25. The molecule has 144 valence electrons. The smallest absolute Gasteiger partial charge is 0.248 e. The molecule has 1 aromatic carbocycles. The zero-order valence-corrected chi connectivity index (χ0v) is 18.1. The lowest BCUT2D eigenvalue weighted by molar-refractivity contribution is -0.111. The van der Waals surface area contributed by atoms with Gasteiger partial charge in [0.05, 0.1) is 10.3 Å². The molecule has 0 atom stereocenters. The van der Waals surface area contributed by atoms with Crippen LogP contribution >= 0.6 is 35.1 Å². The van der Waals surface area contributed by atoms with Gasteiger partial charge in [0.1, 0.15) is 5.15 Å². The molecule has 0 aliphatic carbocycles. The quantitative estimate of drug-likeness (QED) is 0.614. The number of aryl methyl sites for hydroxylation is 1. The molecule has 1 aliphatic heterocycles. The van der Waals surface area contributed by atoms with E-state index in [1.54, 1.807) is 10.8 Å². The maximum Gasteiger partial charge on any atom is 0.248 e. The molecule has 0 bridgehead atoms. The van der Waals surface area contributed by atoms with Crippen molar-refractivity contribution in [1.82, 2.24) is 9.78 Å². The van der Waals surface area contributed by atoms with Gasteiger partial charge in [-0.2, -0.15) is 5.10 Å². The SMILES string of the molecule is Cc1nn(CC(C)C)c(Cl)c1/C=C/C(=O)Nc1cccc(C2SCCS2)c1. The first-order valence-corrected chi connectivity index (χ1v) is 11.5. The maximum absolute atomic E-state index is 12.3. The molecular weight excluding hydrogens is 398 g/mol. The second-order valence-corrected chi connectivity index (χ2v) is 9.97. The number of hydrogen-bond acceptors (Lipinski definition) is 4. The summed E-state index contributed by atoms with van der Waals surface area (Å²) in [5.74, 6) is 2.63. The number of carbonyl (C=O) groups is 1. The van der Waals surface area contributed by atoms with E-state index in [9.17, 15) is 4.79 Å². The van der Waals surface area contributed by atoms with Crippen molar-refractivity contribution in [3.8, 4) is 0 Å². The number of hydrogen-bond donors (Lipinski definition) is 1. The topological polar surface area (TPSA) is 46.9 Å². The Balaban J connectivity index is 1.67. The summed E-state index contributed by atoms with van der Waals surface area (Å²) >= 11 is 10.3. The number of anilines is 1. The number of nitrogens with one attached hydrogen (secondary N) is 1. The third kappa shape index (κ3) is 5.33. The lowest BCUT2D eigenvalue weighted by Gasteiger charge is -2.10. The van der Waals surface area contributed by atoms with Crippen LogP contribution in [-0.4, -0.2) is 27.2 Å². The lowest BCUT2D eigenvalue weighted by atomic mass is 10.2. The van der Waals surface area contributed by atoms with E-state index in [-0.39, 0.29) is 5.91 Å². The van der Waals surface area contributed by atoms with Gasteiger partial charge in [-0.25, -0.2) is 0 Å². The van der Waals surface area contributed by atoms with Gasteiger partial charge in [0.2, 0.25) is 5.91 Å². The maximum atomic E-state index is 12.3. The van der Waals surface area contributed by atoms with Crippen LogP contribution in [0.4, 0.5) is 5.69 Å². The molecule has 3 rings (SSSR count). The van der Waals surface area contributed by atoms with Crippen LogP contribution in [0, 0.1) is 12.8 Å². The summed E-state index contributed by atoms with van der Waals surface area (Å²) in [6, 6.07) is 8.08. The molecule has 0 spiro atoms. The van der Waals surface area contributed by atoms with Gasteiger partial charge >= 0.3 is 0 Å². The number of benzene rings is 1. The third-order valence-corrected chi connectivity index (χ3v) is 7.60. The van der Waals surface area contributed by atoms with Crippen molar-refractivity contribution in [1.29, 1.82) is 0 Å². The Kier molecular flexibility index (Phi) is 6.95. The van der Waals surface area contributed by atoms with Gasteiger partial charge in [-0.1, -0.05) is 37.6 Å². The van der Waals surface area contributed by atoms with Crippen molar-refractivity contribution in [2.24, 2.45) is 5.92 Å². The highest BCUT2D eigenvalue weighted by Crippen LogP contribution is 2.45. The van der Waals surface area contributed by atoms with Crippen molar-refractivity contribution in [2.45, 2.75) is 31.9 Å². The first-order valence-electron chi connectivity index (χ1n) is 8.99. The third-order valence-electron chi connectivity index (χ3n) is 4.10. The molecule has 0 saturated carbocycles. The van der Waals surface area contributed by atoms with Gasteiger partial charge in [-0.3, -0.25) is 9.48 Å². The van der Waals surface area contributed by atoms with Crippen molar-refractivity contribution >= 4 is 52.8 Å². The Bertz CT molecular complexity index is 842. The highest BCUT2D eigenvalue weighted by molar-refractivity contribution is 8.19. The molecule has 1 amide bonds. The fourth-order valence-electron chi connectivity index (χ4n) is 2.88. The van der Waals surface area contributed by atoms with Gasteiger partial charge in [0.25, 0.3) is 0 Å². The van der Waals surface area contributed by atoms with E-state index in [4.69, 9.17) is 11.6 Å². The fraction of sp³-hybridized carbons (Fsp3) is 0.400. The Morgan fingerprint density at radius 2 is 2.15 bits per heavy atom. The fourth-order valence-corrected chi connectivity index (χ4v) is 6.03. The minimum atomic E-state index is -0.175. The molecule has 1 fully saturated rings. The average molecular weight is 422 g/mol. The molecule has 0 unspecified atom stereocenters. The van der Waals surface area contributed by atoms with Crippen LogP contribution in [0.3, 0.4) is 0 Å². The van der Waals surface area contributed by atoms with E-state index in [2.05, 4.69) is 36.4 Å². The summed E-state index contributed by atoms with van der Waals surface area (Å²) in [6.45, 7) is 6.89. The van der Waals surface area contributed by atoms with Crippen LogP contribution in [0.15, 0.2) is 30.3 Å². The van der Waals surface area contributed by atoms with Gasteiger partial charge in [-0.05, 0) is 36.6 Å². The Hall–Kier alpha value is -1.37. The normalized spacial score (nSPS) is 15.1. The molecule has 1 saturated heterocycles. The van der Waals surface area contributed by atoms with Crippen LogP contribution in [-0.2, 0) is 11.3 Å². The van der Waals surface area contributed by atoms with Crippen LogP contribution in [0.25, 0.3) is 6.08 Å². The van der Waals surface area contributed by atoms with Crippen LogP contribution in [0.5, 0.6) is 0 Å². The minimum absolute atomic E-state index is 0.175. The number of amides is 1. The van der Waals surface area contributed by atoms with Crippen molar-refractivity contribution in [3.63, 3.8) is 0 Å². The van der Waals surface area contributed by atoms with Crippen molar-refractivity contribution in [3.05, 3.63) is 52.3 Å². The highest BCUT2D eigenvalue weighted by Gasteiger charge is 2.18. The van der Waals surface area contributed by atoms with E-state index in [0.29, 0.717) is 15.7 Å². The monoisotopic (exact) mass is 421 g/mol. The predicted molar refractivity (Wildman–Crippen MR) is 119 cm³/mol. The second-order valence-electron chi connectivity index (χ2n) is 6.89. The van der Waals surface area contributed by atoms with E-state index in [1.807, 2.05) is 42.6 Å². The van der Waals surface area contributed by atoms with E-state index >= 15 is 0 Å². The standard InChI is InChI=1S/C20H24ClN3OS2/c1-13(2)12-24-19(21)17(14(3)23-24)7-8-18(25)22-16-6-4-5-15(11-16)20-26-9-10-27-20/h4-8,11,13,20H,9-10,12H2,1-3H3,(H,22,25)/b8-7+. The average Bonchev–Trinajstić information content (AvgIpc) is 3.23. The van der Waals surface area contributed by atoms with E-state index < -0.39 is 0 Å². The zero-order valence-electron chi connectivity index (χ0n) is 15.7. The molecule has 2 heterocycles. The minimum Gasteiger partial charge on any atom is -0.323 e. The first kappa shape index (κ1) is 20.4. The van der Waals surface area contributed by atoms with Crippen LogP contribution in [0.2, 0.25) is 5.15 Å². The number of halogens is 1. The van der Waals surface area contributed by atoms with Crippen molar-refractivity contribution < 1.29 is 4.79 Å². The summed E-state index contributed by atoms with van der Waals surface area (Å²) in [4.78, 5) is 12.3. The molecular formula is C20H24ClN3OS2. The van der Waals surface area contributed by atoms with Gasteiger partial charge in [0.15, 0.2) is 0 Å². The molecule has 1 aliphatic rings. The highest BCUT2D eigenvalue weighted by atomic mass is 35.5. The van der Waals surface area contributed by atoms with Gasteiger partial charge in [0, 0.05) is 35.4 Å². The molecule has 1 aromatic heterocycles. The van der Waals surface area contributed by atoms with E-state index in [1.165, 1.54) is 23.1 Å². The van der Waals surface area contributed by atoms with Crippen LogP contribution < -0.4 is 5.32 Å². The van der Waals surface area contributed by atoms with Crippen molar-refractivity contribution in [2.75, 3.05) is 16.8 Å². The van der Waals surface area contributed by atoms with Gasteiger partial charge < -0.3 is 5.32 Å². The molecule has 0 radical (unpaired) electrons. The Morgan fingerprint density at radius 1 is 1.41 bits per heavy atom. The molecule has 2 aromatic rings. The lowest BCUT2D eigenvalue weighted by Crippen LogP contribution is -2.08. The molecule has 27 heavy (non-hydrogen) atoms. The summed E-state index contributed by atoms with van der Waals surface area (Å²) in [5, 5.41) is 7.98. The first-order chi connectivity index (χ1) is 12.9. The number of nitrogens with zero attached hydrogens (tertiary/aromatic N) is 2. The summed E-state index contributed by atoms with van der Waals surface area (Å²) in [5.41, 5.74) is 3.67. The second kappa shape index (κ2) is 9.22. The largest absolute Gasteiger partial charge is 0.323 e. The zero-order chi connectivity index (χ0) is 19.4. The number of aromatic nitrogens is 2.